The van der Waals surface area contributed by atoms with Gasteiger partial charge in [0.1, 0.15) is 17.4 Å². The third kappa shape index (κ3) is 3.24. The van der Waals surface area contributed by atoms with E-state index in [-0.39, 0.29) is 12.0 Å². The Labute approximate surface area is 265 Å². The van der Waals surface area contributed by atoms with Crippen molar-refractivity contribution in [1.82, 2.24) is 4.98 Å². The standard InChI is InChI=1S/C43H25NO2/c1-2-7-29-25(6-1)14-15-26-19-21-37-42(39(26)29)46-43(44-37)27-16-12-24(13-17-27)28-18-20-32-36-23-35-31-9-4-3-8-30(31)33-10-5-11-34(40(33)35)41(36)45-38(32)22-28/h1-23,36,41H. The van der Waals surface area contributed by atoms with Crippen LogP contribution in [0.3, 0.4) is 0 Å². The summed E-state index contributed by atoms with van der Waals surface area (Å²) in [4.78, 5) is 4.89. The molecule has 214 valence electrons. The van der Waals surface area contributed by atoms with Gasteiger partial charge in [-0.3, -0.25) is 0 Å². The van der Waals surface area contributed by atoms with E-state index in [1.165, 1.54) is 49.7 Å². The maximum atomic E-state index is 6.75. The zero-order chi connectivity index (χ0) is 29.9. The van der Waals surface area contributed by atoms with Gasteiger partial charge in [-0.25, -0.2) is 4.98 Å². The van der Waals surface area contributed by atoms with Crippen LogP contribution in [0.5, 0.6) is 5.75 Å². The Bertz CT molecular complexity index is 2620. The van der Waals surface area contributed by atoms with Crippen LogP contribution in [0.2, 0.25) is 0 Å². The molecule has 3 nitrogen and oxygen atoms in total. The Morgan fingerprint density at radius 3 is 2.26 bits per heavy atom. The fourth-order valence-corrected chi connectivity index (χ4v) is 8.07. The van der Waals surface area contributed by atoms with Gasteiger partial charge in [-0.05, 0) is 79.4 Å². The lowest BCUT2D eigenvalue weighted by Crippen LogP contribution is -2.14. The number of benzene rings is 7. The molecule has 1 aliphatic heterocycles. The number of ether oxygens (including phenoxy) is 1. The minimum absolute atomic E-state index is 0.00648. The molecule has 0 radical (unpaired) electrons. The summed E-state index contributed by atoms with van der Waals surface area (Å²) in [6.45, 7) is 0. The molecule has 0 fully saturated rings. The van der Waals surface area contributed by atoms with Gasteiger partial charge in [0, 0.05) is 28.0 Å². The van der Waals surface area contributed by atoms with Crippen LogP contribution in [-0.4, -0.2) is 4.98 Å². The van der Waals surface area contributed by atoms with Crippen LogP contribution >= 0.6 is 0 Å². The van der Waals surface area contributed by atoms with Crippen molar-refractivity contribution in [3.05, 3.63) is 162 Å². The van der Waals surface area contributed by atoms with Crippen LogP contribution in [0.4, 0.5) is 0 Å². The van der Waals surface area contributed by atoms with Crippen LogP contribution in [-0.2, 0) is 0 Å². The lowest BCUT2D eigenvalue weighted by atomic mass is 9.80. The van der Waals surface area contributed by atoms with E-state index in [1.54, 1.807) is 0 Å². The molecule has 2 atom stereocenters. The number of oxazole rings is 1. The van der Waals surface area contributed by atoms with Crippen LogP contribution in [0.15, 0.2) is 144 Å². The molecule has 2 aliphatic carbocycles. The molecule has 1 aromatic heterocycles. The molecular weight excluding hydrogens is 562 g/mol. The molecule has 0 spiro atoms. The molecule has 0 saturated carbocycles. The summed E-state index contributed by atoms with van der Waals surface area (Å²) in [6, 6.07) is 47.6. The first-order valence-electron chi connectivity index (χ1n) is 15.9. The Morgan fingerprint density at radius 1 is 0.565 bits per heavy atom. The predicted octanol–water partition coefficient (Wildman–Crippen LogP) is 11.1. The molecule has 46 heavy (non-hydrogen) atoms. The molecule has 3 aliphatic rings. The van der Waals surface area contributed by atoms with Crippen LogP contribution in [0.1, 0.15) is 34.3 Å². The summed E-state index contributed by atoms with van der Waals surface area (Å²) >= 11 is 0. The van der Waals surface area contributed by atoms with Crippen molar-refractivity contribution in [2.24, 2.45) is 0 Å². The number of fused-ring (bicyclic) bond motifs is 12. The summed E-state index contributed by atoms with van der Waals surface area (Å²) in [5, 5.41) is 4.64. The number of nitrogens with zero attached hydrogens (tertiary/aromatic N) is 1. The third-order valence-electron chi connectivity index (χ3n) is 10.2. The molecule has 2 unspecified atom stereocenters. The highest BCUT2D eigenvalue weighted by molar-refractivity contribution is 6.18. The molecule has 3 heteroatoms. The van der Waals surface area contributed by atoms with E-state index in [0.29, 0.717) is 5.89 Å². The van der Waals surface area contributed by atoms with Crippen LogP contribution in [0.25, 0.3) is 71.9 Å². The van der Waals surface area contributed by atoms with Gasteiger partial charge in [0.25, 0.3) is 0 Å². The molecule has 0 saturated heterocycles. The molecule has 2 heterocycles. The molecule has 11 rings (SSSR count). The highest BCUT2D eigenvalue weighted by atomic mass is 16.5. The normalized spacial score (nSPS) is 17.0. The number of aromatic nitrogens is 1. The van der Waals surface area contributed by atoms with E-state index in [9.17, 15) is 0 Å². The van der Waals surface area contributed by atoms with Gasteiger partial charge in [-0.15, -0.1) is 0 Å². The highest BCUT2D eigenvalue weighted by Gasteiger charge is 2.42. The molecule has 0 amide bonds. The van der Waals surface area contributed by atoms with Crippen LogP contribution in [0, 0.1) is 0 Å². The smallest absolute Gasteiger partial charge is 0.227 e. The highest BCUT2D eigenvalue weighted by Crippen LogP contribution is 2.58. The van der Waals surface area contributed by atoms with Crippen molar-refractivity contribution in [1.29, 1.82) is 0 Å². The SMILES string of the molecule is C1=C2c3ccccc3-c3cccc(c32)C2Oc3cc(-c4ccc(-c5nc6ccc7ccc8ccccc8c7c6o5)cc4)ccc3C12. The van der Waals surface area contributed by atoms with E-state index in [4.69, 9.17) is 14.1 Å². The van der Waals surface area contributed by atoms with Gasteiger partial charge in [-0.2, -0.15) is 0 Å². The Morgan fingerprint density at radius 2 is 1.33 bits per heavy atom. The number of hydrogen-bond donors (Lipinski definition) is 0. The average molecular weight is 588 g/mol. The van der Waals surface area contributed by atoms with Crippen molar-refractivity contribution in [2.75, 3.05) is 0 Å². The second kappa shape index (κ2) is 8.83. The zero-order valence-corrected chi connectivity index (χ0v) is 24.7. The van der Waals surface area contributed by atoms with E-state index in [0.717, 1.165) is 44.3 Å². The minimum Gasteiger partial charge on any atom is -0.484 e. The number of hydrogen-bond acceptors (Lipinski definition) is 3. The molecule has 7 aromatic carbocycles. The van der Waals surface area contributed by atoms with Gasteiger partial charge in [-0.1, -0.05) is 115 Å². The third-order valence-corrected chi connectivity index (χ3v) is 10.2. The maximum absolute atomic E-state index is 6.75. The van der Waals surface area contributed by atoms with E-state index in [1.807, 2.05) is 0 Å². The van der Waals surface area contributed by atoms with Gasteiger partial charge >= 0.3 is 0 Å². The summed E-state index contributed by atoms with van der Waals surface area (Å²) in [6.07, 6.45) is 2.43. The Balaban J connectivity index is 0.951. The maximum Gasteiger partial charge on any atom is 0.227 e. The van der Waals surface area contributed by atoms with E-state index in [2.05, 4.69) is 140 Å². The minimum atomic E-state index is -0.00648. The fraction of sp³-hybridized carbons (Fsp3) is 0.0465. The van der Waals surface area contributed by atoms with Crippen molar-refractivity contribution in [3.63, 3.8) is 0 Å². The van der Waals surface area contributed by atoms with Crippen LogP contribution < -0.4 is 4.74 Å². The van der Waals surface area contributed by atoms with Crippen molar-refractivity contribution < 1.29 is 9.15 Å². The van der Waals surface area contributed by atoms with Gasteiger partial charge in [0.15, 0.2) is 5.58 Å². The predicted molar refractivity (Wildman–Crippen MR) is 185 cm³/mol. The van der Waals surface area contributed by atoms with E-state index >= 15 is 0 Å². The van der Waals surface area contributed by atoms with E-state index < -0.39 is 0 Å². The zero-order valence-electron chi connectivity index (χ0n) is 24.7. The molecule has 0 bridgehead atoms. The largest absolute Gasteiger partial charge is 0.484 e. The monoisotopic (exact) mass is 587 g/mol. The fourth-order valence-electron chi connectivity index (χ4n) is 8.07. The first-order valence-corrected chi connectivity index (χ1v) is 15.9. The summed E-state index contributed by atoms with van der Waals surface area (Å²) < 4.78 is 13.2. The topological polar surface area (TPSA) is 35.3 Å². The van der Waals surface area contributed by atoms with Crippen molar-refractivity contribution in [2.45, 2.75) is 12.0 Å². The summed E-state index contributed by atoms with van der Waals surface area (Å²) in [5.74, 6) is 1.80. The first kappa shape index (κ1) is 24.4. The van der Waals surface area contributed by atoms with Crippen molar-refractivity contribution >= 4 is 38.2 Å². The first-order chi connectivity index (χ1) is 22.8. The Kier molecular flexibility index (Phi) is 4.68. The number of rotatable bonds is 2. The molecule has 0 N–H and O–H groups in total. The second-order valence-electron chi connectivity index (χ2n) is 12.6. The molecule has 8 aromatic rings. The van der Waals surface area contributed by atoms with Crippen molar-refractivity contribution in [3.8, 4) is 39.5 Å². The second-order valence-corrected chi connectivity index (χ2v) is 12.6. The van der Waals surface area contributed by atoms with Gasteiger partial charge in [0.2, 0.25) is 5.89 Å². The van der Waals surface area contributed by atoms with Gasteiger partial charge < -0.3 is 9.15 Å². The van der Waals surface area contributed by atoms with Gasteiger partial charge in [0.05, 0.1) is 0 Å². The summed E-state index contributed by atoms with van der Waals surface area (Å²) in [7, 11) is 0. The Hall–Kier alpha value is -5.93. The lowest BCUT2D eigenvalue weighted by molar-refractivity contribution is 0.223. The average Bonchev–Trinajstić information content (AvgIpc) is 3.81. The quantitative estimate of drug-likeness (QED) is 0.189. The summed E-state index contributed by atoms with van der Waals surface area (Å²) in [5.41, 5.74) is 14.1. The lowest BCUT2D eigenvalue weighted by Gasteiger charge is -2.25. The molecular formula is C43H25NO2.